The second-order valence-corrected chi connectivity index (χ2v) is 10.3. The van der Waals surface area contributed by atoms with E-state index in [0.29, 0.717) is 16.5 Å². The summed E-state index contributed by atoms with van der Waals surface area (Å²) in [7, 11) is 0. The van der Waals surface area contributed by atoms with E-state index in [0.717, 1.165) is 28.5 Å². The van der Waals surface area contributed by atoms with Crippen LogP contribution in [0.1, 0.15) is 60.4 Å². The van der Waals surface area contributed by atoms with Gasteiger partial charge in [-0.2, -0.15) is 17.9 Å². The maximum absolute atomic E-state index is 15.3. The molecule has 37 heavy (non-hydrogen) atoms. The zero-order valence-electron chi connectivity index (χ0n) is 19.6. The van der Waals surface area contributed by atoms with Crippen molar-refractivity contribution < 1.29 is 27.1 Å². The average Bonchev–Trinajstić information content (AvgIpc) is 3.40. The number of nitrogens with one attached hydrogen (secondary N) is 2. The monoisotopic (exact) mass is 538 g/mol. The Kier molecular flexibility index (Phi) is 6.38. The number of tetrazole rings is 1. The van der Waals surface area contributed by atoms with Crippen molar-refractivity contribution in [3.05, 3.63) is 56.1 Å². The number of aromatic nitrogens is 5. The fourth-order valence-electron chi connectivity index (χ4n) is 4.31. The van der Waals surface area contributed by atoms with Crippen LogP contribution >= 0.6 is 11.3 Å². The van der Waals surface area contributed by atoms with Crippen LogP contribution in [0.2, 0.25) is 0 Å². The number of aromatic amines is 1. The SMILES string of the molecule is CC1(c2ccc(OCCCC(F)(F)F)cc2F)CC(c2ncc(C3CC3)s2)=C(n2nn[nH]c2=O)C(=O)N1. The second-order valence-electron chi connectivity index (χ2n) is 9.26. The molecule has 2 N–H and O–H groups in total. The molecule has 2 aromatic heterocycles. The number of alkyl halides is 3. The summed E-state index contributed by atoms with van der Waals surface area (Å²) in [5.41, 5.74) is -1.41. The van der Waals surface area contributed by atoms with Gasteiger partial charge in [-0.15, -0.1) is 11.3 Å². The Labute approximate surface area is 211 Å². The highest BCUT2D eigenvalue weighted by atomic mass is 32.1. The molecule has 9 nitrogen and oxygen atoms in total. The smallest absolute Gasteiger partial charge is 0.389 e. The number of benzene rings is 1. The van der Waals surface area contributed by atoms with Gasteiger partial charge >= 0.3 is 11.9 Å². The van der Waals surface area contributed by atoms with E-state index in [1.54, 1.807) is 13.1 Å². The van der Waals surface area contributed by atoms with Crippen molar-refractivity contribution in [1.82, 2.24) is 30.5 Å². The molecular formula is C23H22F4N6O3S. The highest BCUT2D eigenvalue weighted by Crippen LogP contribution is 2.46. The number of H-pyrrole nitrogens is 1. The van der Waals surface area contributed by atoms with Gasteiger partial charge in [-0.05, 0) is 48.6 Å². The molecular weight excluding hydrogens is 516 g/mol. The largest absolute Gasteiger partial charge is 0.493 e. The van der Waals surface area contributed by atoms with E-state index in [-0.39, 0.29) is 36.5 Å². The maximum Gasteiger partial charge on any atom is 0.389 e. The van der Waals surface area contributed by atoms with Crippen LogP contribution in [-0.2, 0) is 10.3 Å². The van der Waals surface area contributed by atoms with Crippen LogP contribution in [0, 0.1) is 5.82 Å². The number of nitrogens with zero attached hydrogens (tertiary/aromatic N) is 4. The van der Waals surface area contributed by atoms with Gasteiger partial charge in [0.05, 0.1) is 12.1 Å². The van der Waals surface area contributed by atoms with E-state index in [9.17, 15) is 22.8 Å². The number of hydrogen-bond donors (Lipinski definition) is 2. The predicted molar refractivity (Wildman–Crippen MR) is 125 cm³/mol. The minimum atomic E-state index is -4.29. The molecule has 1 atom stereocenters. The van der Waals surface area contributed by atoms with E-state index < -0.39 is 35.6 Å². The van der Waals surface area contributed by atoms with Crippen LogP contribution in [0.15, 0.2) is 29.2 Å². The lowest BCUT2D eigenvalue weighted by atomic mass is 9.81. The van der Waals surface area contributed by atoms with Crippen molar-refractivity contribution in [2.24, 2.45) is 0 Å². The zero-order valence-corrected chi connectivity index (χ0v) is 20.4. The fraction of sp³-hybridized carbons (Fsp3) is 0.435. The molecule has 3 heterocycles. The van der Waals surface area contributed by atoms with Gasteiger partial charge in [0.2, 0.25) is 0 Å². The van der Waals surface area contributed by atoms with Crippen LogP contribution in [0.3, 0.4) is 0 Å². The van der Waals surface area contributed by atoms with Crippen LogP contribution in [0.4, 0.5) is 17.6 Å². The number of halogens is 4. The first-order chi connectivity index (χ1) is 17.5. The molecule has 1 saturated carbocycles. The van der Waals surface area contributed by atoms with E-state index in [1.165, 1.54) is 23.5 Å². The lowest BCUT2D eigenvalue weighted by molar-refractivity contribution is -0.136. The van der Waals surface area contributed by atoms with Crippen molar-refractivity contribution in [2.45, 2.75) is 56.7 Å². The summed E-state index contributed by atoms with van der Waals surface area (Å²) >= 11 is 1.42. The second kappa shape index (κ2) is 9.39. The highest BCUT2D eigenvalue weighted by molar-refractivity contribution is 7.13. The Morgan fingerprint density at radius 1 is 1.27 bits per heavy atom. The summed E-state index contributed by atoms with van der Waals surface area (Å²) in [6.45, 7) is 1.42. The Bertz CT molecular complexity index is 1420. The first kappa shape index (κ1) is 25.1. The quantitative estimate of drug-likeness (QED) is 0.332. The molecule has 2 aliphatic rings. The van der Waals surface area contributed by atoms with Gasteiger partial charge in [0, 0.05) is 41.1 Å². The lowest BCUT2D eigenvalue weighted by Crippen LogP contribution is -2.49. The number of thiazole rings is 1. The minimum absolute atomic E-state index is 0.0436. The van der Waals surface area contributed by atoms with E-state index in [2.05, 4.69) is 25.8 Å². The molecule has 0 spiro atoms. The lowest BCUT2D eigenvalue weighted by Gasteiger charge is -2.36. The summed E-state index contributed by atoms with van der Waals surface area (Å²) in [5.74, 6) is -0.853. The minimum Gasteiger partial charge on any atom is -0.493 e. The molecule has 0 bridgehead atoms. The summed E-state index contributed by atoms with van der Waals surface area (Å²) in [5, 5.41) is 12.7. The Balaban J connectivity index is 1.45. The van der Waals surface area contributed by atoms with Gasteiger partial charge in [-0.3, -0.25) is 4.79 Å². The standard InChI is InChI=1S/C23H22F4N6O3S/c1-22(15-6-5-13(9-16(15)24)36-8-2-7-23(25,26)27)10-14(20-28-11-17(37-20)12-3-4-12)18(19(34)29-22)33-21(35)30-31-32-33/h5-6,9,11-12H,2-4,7-8,10H2,1H3,(H,29,34)(H,30,32,35). The van der Waals surface area contributed by atoms with Gasteiger partial charge in [0.15, 0.2) is 0 Å². The third-order valence-corrected chi connectivity index (χ3v) is 7.49. The highest BCUT2D eigenvalue weighted by Gasteiger charge is 2.42. The summed E-state index contributed by atoms with van der Waals surface area (Å²) in [6, 6.07) is 3.95. The normalized spacial score (nSPS) is 20.3. The molecule has 1 amide bonds. The van der Waals surface area contributed by atoms with E-state index in [4.69, 9.17) is 4.74 Å². The molecule has 1 aliphatic carbocycles. The topological polar surface area (TPSA) is 115 Å². The molecule has 196 valence electrons. The van der Waals surface area contributed by atoms with Crippen molar-refractivity contribution in [3.63, 3.8) is 0 Å². The fourth-order valence-corrected chi connectivity index (χ4v) is 5.44. The number of amides is 1. The number of carbonyl (C=O) groups is 1. The summed E-state index contributed by atoms with van der Waals surface area (Å²) in [6.07, 6.45) is -1.57. The molecule has 5 rings (SSSR count). The molecule has 0 saturated heterocycles. The first-order valence-corrected chi connectivity index (χ1v) is 12.4. The molecule has 1 aromatic carbocycles. The summed E-state index contributed by atoms with van der Waals surface area (Å²) < 4.78 is 58.4. The van der Waals surface area contributed by atoms with E-state index >= 15 is 4.39 Å². The molecule has 14 heteroatoms. The van der Waals surface area contributed by atoms with E-state index in [1.807, 2.05) is 0 Å². The summed E-state index contributed by atoms with van der Waals surface area (Å²) in [4.78, 5) is 31.2. The van der Waals surface area contributed by atoms with Gasteiger partial charge in [0.1, 0.15) is 22.3 Å². The Hall–Kier alpha value is -3.55. The Morgan fingerprint density at radius 2 is 2.05 bits per heavy atom. The van der Waals surface area contributed by atoms with Crippen LogP contribution in [0.5, 0.6) is 5.75 Å². The van der Waals surface area contributed by atoms with Gasteiger partial charge in [0.25, 0.3) is 5.91 Å². The van der Waals surface area contributed by atoms with Gasteiger partial charge in [-0.1, -0.05) is 6.07 Å². The first-order valence-electron chi connectivity index (χ1n) is 11.6. The molecule has 3 aromatic rings. The van der Waals surface area contributed by atoms with Crippen LogP contribution in [-0.4, -0.2) is 43.9 Å². The van der Waals surface area contributed by atoms with Crippen molar-refractivity contribution in [1.29, 1.82) is 0 Å². The molecule has 1 fully saturated rings. The molecule has 1 aliphatic heterocycles. The third kappa shape index (κ3) is 5.29. The van der Waals surface area contributed by atoms with Gasteiger partial charge < -0.3 is 10.1 Å². The van der Waals surface area contributed by atoms with Crippen molar-refractivity contribution in [2.75, 3.05) is 6.61 Å². The molecule has 0 radical (unpaired) electrons. The number of rotatable bonds is 8. The number of carbonyl (C=O) groups excluding carboxylic acids is 1. The average molecular weight is 539 g/mol. The van der Waals surface area contributed by atoms with Crippen molar-refractivity contribution in [3.8, 4) is 5.75 Å². The van der Waals surface area contributed by atoms with Crippen LogP contribution in [0.25, 0.3) is 11.3 Å². The maximum atomic E-state index is 15.3. The van der Waals surface area contributed by atoms with Gasteiger partial charge in [-0.25, -0.2) is 19.3 Å². The predicted octanol–water partition coefficient (Wildman–Crippen LogP) is 3.96. The number of ether oxygens (including phenoxy) is 1. The third-order valence-electron chi connectivity index (χ3n) is 6.27. The zero-order chi connectivity index (χ0) is 26.4. The van der Waals surface area contributed by atoms with Crippen molar-refractivity contribution >= 4 is 28.5 Å². The number of hydrogen-bond acceptors (Lipinski definition) is 7. The van der Waals surface area contributed by atoms with Crippen LogP contribution < -0.4 is 15.7 Å². The molecule has 1 unspecified atom stereocenters. The Morgan fingerprint density at radius 3 is 2.70 bits per heavy atom.